The molecule has 0 radical (unpaired) electrons. The van der Waals surface area contributed by atoms with Crippen molar-refractivity contribution in [2.75, 3.05) is 0 Å². The average Bonchev–Trinajstić information content (AvgIpc) is 3.07. The molecule has 2 aromatic heterocycles. The summed E-state index contributed by atoms with van der Waals surface area (Å²) in [5.41, 5.74) is 3.27. The Morgan fingerprint density at radius 3 is 2.83 bits per heavy atom. The molecule has 0 aliphatic heterocycles. The Bertz CT molecular complexity index is 699. The summed E-state index contributed by atoms with van der Waals surface area (Å²) in [6.45, 7) is 3.93. The molecule has 2 aromatic rings. The molecule has 7 nitrogen and oxygen atoms in total. The summed E-state index contributed by atoms with van der Waals surface area (Å²) in [7, 11) is 1.85. The first-order valence-corrected chi connectivity index (χ1v) is 8.00. The lowest BCUT2D eigenvalue weighted by atomic mass is 9.75. The molecule has 2 heterocycles. The Balaban J connectivity index is 1.80. The predicted octanol–water partition coefficient (Wildman–Crippen LogP) is 1.26. The van der Waals surface area contributed by atoms with E-state index in [1.54, 1.807) is 10.9 Å². The second-order valence-corrected chi connectivity index (χ2v) is 6.31. The summed E-state index contributed by atoms with van der Waals surface area (Å²) in [5.74, 6) is 0.0386. The van der Waals surface area contributed by atoms with Crippen molar-refractivity contribution in [3.8, 4) is 0 Å². The Kier molecular flexibility index (Phi) is 4.21. The SMILES string of the molecule is CCc1[nH]nc(C(=O)NC(c2cnn(C)c2)C2CC(O)C2)c1C. The highest BCUT2D eigenvalue weighted by molar-refractivity contribution is 5.94. The number of hydrogen-bond donors (Lipinski definition) is 3. The van der Waals surface area contributed by atoms with Crippen molar-refractivity contribution >= 4 is 5.91 Å². The van der Waals surface area contributed by atoms with E-state index in [0.717, 1.165) is 23.2 Å². The first-order valence-electron chi connectivity index (χ1n) is 8.00. The van der Waals surface area contributed by atoms with Crippen LogP contribution in [0.25, 0.3) is 0 Å². The first-order chi connectivity index (χ1) is 11.0. The number of rotatable bonds is 5. The molecule has 1 atom stereocenters. The summed E-state index contributed by atoms with van der Waals surface area (Å²) in [5, 5.41) is 23.9. The number of aliphatic hydroxyl groups excluding tert-OH is 1. The fourth-order valence-corrected chi connectivity index (χ4v) is 3.19. The molecular weight excluding hydrogens is 294 g/mol. The Morgan fingerprint density at radius 2 is 2.30 bits per heavy atom. The maximum absolute atomic E-state index is 12.6. The van der Waals surface area contributed by atoms with Crippen LogP contribution < -0.4 is 5.32 Å². The van der Waals surface area contributed by atoms with Crippen LogP contribution in [0.1, 0.15) is 53.1 Å². The van der Waals surface area contributed by atoms with Crippen molar-refractivity contribution < 1.29 is 9.90 Å². The van der Waals surface area contributed by atoms with E-state index in [-0.39, 0.29) is 24.0 Å². The highest BCUT2D eigenvalue weighted by atomic mass is 16.3. The van der Waals surface area contributed by atoms with Gasteiger partial charge in [0.05, 0.1) is 18.3 Å². The van der Waals surface area contributed by atoms with Crippen molar-refractivity contribution in [1.82, 2.24) is 25.3 Å². The molecule has 0 spiro atoms. The van der Waals surface area contributed by atoms with E-state index < -0.39 is 0 Å². The van der Waals surface area contributed by atoms with Gasteiger partial charge in [0.25, 0.3) is 5.91 Å². The molecule has 0 bridgehead atoms. The van der Waals surface area contributed by atoms with Gasteiger partial charge in [0.15, 0.2) is 5.69 Å². The maximum Gasteiger partial charge on any atom is 0.272 e. The lowest BCUT2D eigenvalue weighted by Crippen LogP contribution is -2.41. The number of carbonyl (C=O) groups excluding carboxylic acids is 1. The van der Waals surface area contributed by atoms with Gasteiger partial charge >= 0.3 is 0 Å². The maximum atomic E-state index is 12.6. The highest BCUT2D eigenvalue weighted by Gasteiger charge is 2.36. The zero-order valence-corrected chi connectivity index (χ0v) is 13.7. The monoisotopic (exact) mass is 317 g/mol. The van der Waals surface area contributed by atoms with Crippen molar-refractivity contribution in [2.24, 2.45) is 13.0 Å². The minimum absolute atomic E-state index is 0.152. The van der Waals surface area contributed by atoms with E-state index in [1.165, 1.54) is 0 Å². The number of aryl methyl sites for hydroxylation is 2. The number of nitrogens with zero attached hydrogens (tertiary/aromatic N) is 3. The number of aliphatic hydroxyl groups is 1. The number of amides is 1. The molecule has 1 amide bonds. The van der Waals surface area contributed by atoms with Crippen molar-refractivity contribution in [1.29, 1.82) is 0 Å². The zero-order valence-electron chi connectivity index (χ0n) is 13.7. The van der Waals surface area contributed by atoms with E-state index >= 15 is 0 Å². The van der Waals surface area contributed by atoms with Crippen LogP contribution >= 0.6 is 0 Å². The molecule has 1 fully saturated rings. The van der Waals surface area contributed by atoms with Crippen LogP contribution in [0.5, 0.6) is 0 Å². The van der Waals surface area contributed by atoms with Crippen LogP contribution in [0.2, 0.25) is 0 Å². The van der Waals surface area contributed by atoms with Crippen LogP contribution in [0.15, 0.2) is 12.4 Å². The fourth-order valence-electron chi connectivity index (χ4n) is 3.19. The van der Waals surface area contributed by atoms with Gasteiger partial charge in [-0.15, -0.1) is 0 Å². The molecule has 1 aliphatic rings. The summed E-state index contributed by atoms with van der Waals surface area (Å²) in [6, 6.07) is -0.152. The van der Waals surface area contributed by atoms with Crippen LogP contribution in [0, 0.1) is 12.8 Å². The smallest absolute Gasteiger partial charge is 0.272 e. The Labute approximate surface area is 135 Å². The van der Waals surface area contributed by atoms with Gasteiger partial charge in [-0.05, 0) is 32.1 Å². The molecule has 1 saturated carbocycles. The Morgan fingerprint density at radius 1 is 1.57 bits per heavy atom. The van der Waals surface area contributed by atoms with E-state index in [9.17, 15) is 9.90 Å². The third-order valence-electron chi connectivity index (χ3n) is 4.67. The summed E-state index contributed by atoms with van der Waals surface area (Å²) in [4.78, 5) is 12.6. The highest BCUT2D eigenvalue weighted by Crippen LogP contribution is 2.38. The fraction of sp³-hybridized carbons (Fsp3) is 0.562. The molecule has 1 unspecified atom stereocenters. The van der Waals surface area contributed by atoms with Gasteiger partial charge in [-0.2, -0.15) is 10.2 Å². The van der Waals surface area contributed by atoms with Crippen LogP contribution in [-0.2, 0) is 13.5 Å². The van der Waals surface area contributed by atoms with Gasteiger partial charge < -0.3 is 10.4 Å². The van der Waals surface area contributed by atoms with E-state index in [2.05, 4.69) is 20.6 Å². The van der Waals surface area contributed by atoms with Gasteiger partial charge in [0.2, 0.25) is 0 Å². The summed E-state index contributed by atoms with van der Waals surface area (Å²) < 4.78 is 1.72. The average molecular weight is 317 g/mol. The first kappa shape index (κ1) is 15.7. The number of carbonyl (C=O) groups is 1. The molecule has 7 heteroatoms. The van der Waals surface area contributed by atoms with Gasteiger partial charge in [0, 0.05) is 30.1 Å². The van der Waals surface area contributed by atoms with E-state index in [1.807, 2.05) is 27.1 Å². The molecule has 1 aliphatic carbocycles. The number of H-pyrrole nitrogens is 1. The van der Waals surface area contributed by atoms with Crippen molar-refractivity contribution in [2.45, 2.75) is 45.3 Å². The summed E-state index contributed by atoms with van der Waals surface area (Å²) in [6.07, 6.45) is 5.61. The third kappa shape index (κ3) is 3.01. The second-order valence-electron chi connectivity index (χ2n) is 6.31. The van der Waals surface area contributed by atoms with E-state index in [0.29, 0.717) is 18.5 Å². The normalized spacial score (nSPS) is 21.7. The van der Waals surface area contributed by atoms with Gasteiger partial charge in [-0.25, -0.2) is 0 Å². The molecular formula is C16H23N5O2. The van der Waals surface area contributed by atoms with Gasteiger partial charge in [-0.1, -0.05) is 6.92 Å². The van der Waals surface area contributed by atoms with E-state index in [4.69, 9.17) is 0 Å². The third-order valence-corrected chi connectivity index (χ3v) is 4.67. The lowest BCUT2D eigenvalue weighted by molar-refractivity contribution is 0.0234. The standard InChI is InChI=1S/C16H23N5O2/c1-4-13-9(2)14(20-19-13)16(23)18-15(10-5-12(22)6-10)11-7-17-21(3)8-11/h7-8,10,12,15,22H,4-6H2,1-3H3,(H,18,23)(H,19,20). The number of aromatic nitrogens is 4. The van der Waals surface area contributed by atoms with Gasteiger partial charge in [-0.3, -0.25) is 14.6 Å². The predicted molar refractivity (Wildman–Crippen MR) is 84.8 cm³/mol. The molecule has 3 rings (SSSR count). The molecule has 0 aromatic carbocycles. The lowest BCUT2D eigenvalue weighted by Gasteiger charge is -2.37. The molecule has 3 N–H and O–H groups in total. The van der Waals surface area contributed by atoms with Crippen LogP contribution in [-0.4, -0.2) is 37.1 Å². The minimum atomic E-state index is -0.269. The van der Waals surface area contributed by atoms with Gasteiger partial charge in [0.1, 0.15) is 0 Å². The second kappa shape index (κ2) is 6.16. The topological polar surface area (TPSA) is 95.8 Å². The number of nitrogens with one attached hydrogen (secondary N) is 2. The summed E-state index contributed by atoms with van der Waals surface area (Å²) >= 11 is 0. The molecule has 0 saturated heterocycles. The number of aromatic amines is 1. The quantitative estimate of drug-likeness (QED) is 0.773. The van der Waals surface area contributed by atoms with Crippen LogP contribution in [0.3, 0.4) is 0 Å². The minimum Gasteiger partial charge on any atom is -0.393 e. The van der Waals surface area contributed by atoms with Crippen molar-refractivity contribution in [3.63, 3.8) is 0 Å². The largest absolute Gasteiger partial charge is 0.393 e. The number of hydrogen-bond acceptors (Lipinski definition) is 4. The zero-order chi connectivity index (χ0) is 16.6. The molecule has 23 heavy (non-hydrogen) atoms. The van der Waals surface area contributed by atoms with Crippen molar-refractivity contribution in [3.05, 3.63) is 34.9 Å². The Hall–Kier alpha value is -2.15. The molecule has 124 valence electrons. The van der Waals surface area contributed by atoms with Crippen LogP contribution in [0.4, 0.5) is 0 Å².